The topological polar surface area (TPSA) is 53.1 Å². The summed E-state index contributed by atoms with van der Waals surface area (Å²) in [5.41, 5.74) is -0.379. The van der Waals surface area contributed by atoms with Crippen LogP contribution in [0.5, 0.6) is 0 Å². The molecule has 0 aliphatic carbocycles. The molecule has 0 bridgehead atoms. The average molecular weight is 420 g/mol. The Morgan fingerprint density at radius 2 is 1.85 bits per heavy atom. The molecule has 0 spiro atoms. The number of halogens is 5. The van der Waals surface area contributed by atoms with Crippen LogP contribution in [0, 0.1) is 0 Å². The SMILES string of the molecule is FC(F)(F)c1cnc(Nc2ccc(Cl)c(Cl)c2)nc1NCCN1CCCC1. The van der Waals surface area contributed by atoms with Gasteiger partial charge in [0.2, 0.25) is 5.95 Å². The fraction of sp³-hybridized carbons (Fsp3) is 0.412. The minimum atomic E-state index is -4.54. The number of hydrogen-bond donors (Lipinski definition) is 2. The van der Waals surface area contributed by atoms with Crippen molar-refractivity contribution in [3.8, 4) is 0 Å². The van der Waals surface area contributed by atoms with E-state index in [1.165, 1.54) is 0 Å². The Morgan fingerprint density at radius 1 is 1.11 bits per heavy atom. The van der Waals surface area contributed by atoms with E-state index in [0.29, 0.717) is 28.8 Å². The van der Waals surface area contributed by atoms with Crippen molar-refractivity contribution in [1.29, 1.82) is 0 Å². The molecule has 2 heterocycles. The highest BCUT2D eigenvalue weighted by molar-refractivity contribution is 6.42. The molecule has 2 aromatic rings. The molecule has 27 heavy (non-hydrogen) atoms. The Hall–Kier alpha value is -1.77. The maximum Gasteiger partial charge on any atom is 0.421 e. The largest absolute Gasteiger partial charge is 0.421 e. The molecule has 1 aliphatic rings. The number of likely N-dealkylation sites (tertiary alicyclic amines) is 1. The summed E-state index contributed by atoms with van der Waals surface area (Å²) < 4.78 is 39.7. The van der Waals surface area contributed by atoms with Gasteiger partial charge in [0, 0.05) is 25.0 Å². The number of rotatable bonds is 6. The minimum Gasteiger partial charge on any atom is -0.368 e. The number of anilines is 3. The van der Waals surface area contributed by atoms with Crippen LogP contribution in [0.4, 0.5) is 30.6 Å². The van der Waals surface area contributed by atoms with E-state index in [1.54, 1.807) is 18.2 Å². The third-order valence-corrected chi connectivity index (χ3v) is 4.93. The molecule has 0 radical (unpaired) electrons. The Balaban J connectivity index is 1.75. The number of aromatic nitrogens is 2. The van der Waals surface area contributed by atoms with Gasteiger partial charge >= 0.3 is 6.18 Å². The summed E-state index contributed by atoms with van der Waals surface area (Å²) in [5, 5.41) is 6.32. The molecule has 0 amide bonds. The van der Waals surface area contributed by atoms with Crippen molar-refractivity contribution in [3.05, 3.63) is 40.0 Å². The van der Waals surface area contributed by atoms with Gasteiger partial charge in [-0.05, 0) is 44.1 Å². The van der Waals surface area contributed by atoms with E-state index in [9.17, 15) is 13.2 Å². The first-order valence-corrected chi connectivity index (χ1v) is 9.21. The Bertz CT molecular complexity index is 795. The third kappa shape index (κ3) is 5.37. The molecule has 1 aliphatic heterocycles. The Morgan fingerprint density at radius 3 is 2.52 bits per heavy atom. The van der Waals surface area contributed by atoms with E-state index in [2.05, 4.69) is 25.5 Å². The first kappa shape index (κ1) is 20.0. The van der Waals surface area contributed by atoms with E-state index < -0.39 is 11.7 Å². The molecule has 10 heteroatoms. The van der Waals surface area contributed by atoms with Crippen molar-refractivity contribution in [3.63, 3.8) is 0 Å². The lowest BCUT2D eigenvalue weighted by molar-refractivity contribution is -0.137. The second-order valence-electron chi connectivity index (χ2n) is 6.18. The standard InChI is InChI=1S/C17H18Cl2F3N5/c18-13-4-3-11(9-14(13)19)25-16-24-10-12(17(20,21)22)15(26-16)23-5-8-27-6-1-2-7-27/h3-4,9-10H,1-2,5-8H2,(H2,23,24,25,26). The molecule has 2 N–H and O–H groups in total. The predicted molar refractivity (Wildman–Crippen MR) is 101 cm³/mol. The summed E-state index contributed by atoms with van der Waals surface area (Å²) in [4.78, 5) is 9.98. The summed E-state index contributed by atoms with van der Waals surface area (Å²) in [5.74, 6) is -0.218. The van der Waals surface area contributed by atoms with E-state index >= 15 is 0 Å². The van der Waals surface area contributed by atoms with Crippen LogP contribution in [-0.2, 0) is 6.18 Å². The van der Waals surface area contributed by atoms with Gasteiger partial charge in [-0.25, -0.2) is 4.98 Å². The normalized spacial score (nSPS) is 15.1. The molecular formula is C17H18Cl2F3N5. The van der Waals surface area contributed by atoms with Crippen molar-refractivity contribution in [2.45, 2.75) is 19.0 Å². The molecule has 0 saturated carbocycles. The monoisotopic (exact) mass is 419 g/mol. The van der Waals surface area contributed by atoms with Gasteiger partial charge in [-0.2, -0.15) is 18.2 Å². The van der Waals surface area contributed by atoms with Crippen molar-refractivity contribution in [2.75, 3.05) is 36.8 Å². The van der Waals surface area contributed by atoms with Crippen LogP contribution in [-0.4, -0.2) is 41.0 Å². The third-order valence-electron chi connectivity index (χ3n) is 4.19. The predicted octanol–water partition coefficient (Wildman–Crippen LogP) is 5.05. The highest BCUT2D eigenvalue weighted by Gasteiger charge is 2.35. The first-order chi connectivity index (χ1) is 12.8. The van der Waals surface area contributed by atoms with E-state index in [4.69, 9.17) is 23.2 Å². The lowest BCUT2D eigenvalue weighted by Crippen LogP contribution is -2.27. The summed E-state index contributed by atoms with van der Waals surface area (Å²) in [7, 11) is 0. The van der Waals surface area contributed by atoms with Crippen molar-refractivity contribution in [2.24, 2.45) is 0 Å². The lowest BCUT2D eigenvalue weighted by atomic mass is 10.3. The van der Waals surface area contributed by atoms with Crippen molar-refractivity contribution in [1.82, 2.24) is 14.9 Å². The summed E-state index contributed by atoms with van der Waals surface area (Å²) in [6, 6.07) is 4.76. The van der Waals surface area contributed by atoms with Crippen LogP contribution in [0.25, 0.3) is 0 Å². The highest BCUT2D eigenvalue weighted by atomic mass is 35.5. The van der Waals surface area contributed by atoms with E-state index in [1.807, 2.05) is 0 Å². The molecule has 3 rings (SSSR count). The fourth-order valence-electron chi connectivity index (χ4n) is 2.83. The highest BCUT2D eigenvalue weighted by Crippen LogP contribution is 2.34. The maximum atomic E-state index is 13.2. The van der Waals surface area contributed by atoms with Gasteiger partial charge in [0.25, 0.3) is 0 Å². The van der Waals surface area contributed by atoms with Crippen LogP contribution < -0.4 is 10.6 Å². The molecule has 146 valence electrons. The summed E-state index contributed by atoms with van der Waals surface area (Å²) in [6.45, 7) is 2.98. The molecular weight excluding hydrogens is 402 g/mol. The zero-order valence-electron chi connectivity index (χ0n) is 14.3. The summed E-state index contributed by atoms with van der Waals surface area (Å²) in [6.07, 6.45) is -1.53. The molecule has 1 aromatic carbocycles. The zero-order valence-corrected chi connectivity index (χ0v) is 15.8. The lowest BCUT2D eigenvalue weighted by Gasteiger charge is -2.18. The van der Waals surface area contributed by atoms with E-state index in [-0.39, 0.29) is 11.8 Å². The summed E-state index contributed by atoms with van der Waals surface area (Å²) >= 11 is 11.8. The number of benzene rings is 1. The molecule has 5 nitrogen and oxygen atoms in total. The number of hydrogen-bond acceptors (Lipinski definition) is 5. The smallest absolute Gasteiger partial charge is 0.368 e. The van der Waals surface area contributed by atoms with Crippen LogP contribution in [0.3, 0.4) is 0 Å². The fourth-order valence-corrected chi connectivity index (χ4v) is 3.12. The number of nitrogens with zero attached hydrogens (tertiary/aromatic N) is 3. The van der Waals surface area contributed by atoms with Gasteiger partial charge in [-0.1, -0.05) is 23.2 Å². The maximum absolute atomic E-state index is 13.2. The van der Waals surface area contributed by atoms with Gasteiger partial charge in [0.1, 0.15) is 11.4 Å². The second-order valence-corrected chi connectivity index (χ2v) is 7.00. The minimum absolute atomic E-state index is 0.0325. The molecule has 0 unspecified atom stereocenters. The Kier molecular flexibility index (Phi) is 6.29. The average Bonchev–Trinajstić information content (AvgIpc) is 3.11. The van der Waals surface area contributed by atoms with E-state index in [0.717, 1.165) is 32.1 Å². The Labute approximate surface area is 164 Å². The molecule has 1 aromatic heterocycles. The van der Waals surface area contributed by atoms with Gasteiger partial charge < -0.3 is 15.5 Å². The second kappa shape index (κ2) is 8.50. The van der Waals surface area contributed by atoms with Crippen LogP contribution in [0.2, 0.25) is 10.0 Å². The quantitative estimate of drug-likeness (QED) is 0.685. The van der Waals surface area contributed by atoms with Gasteiger partial charge in [0.05, 0.1) is 10.0 Å². The molecule has 1 saturated heterocycles. The first-order valence-electron chi connectivity index (χ1n) is 8.45. The van der Waals surface area contributed by atoms with Crippen LogP contribution in [0.15, 0.2) is 24.4 Å². The van der Waals surface area contributed by atoms with Crippen LogP contribution in [0.1, 0.15) is 18.4 Å². The van der Waals surface area contributed by atoms with Gasteiger partial charge in [-0.15, -0.1) is 0 Å². The van der Waals surface area contributed by atoms with Gasteiger partial charge in [0.15, 0.2) is 0 Å². The number of nitrogens with one attached hydrogen (secondary N) is 2. The molecule has 0 atom stereocenters. The number of alkyl halides is 3. The molecule has 1 fully saturated rings. The van der Waals surface area contributed by atoms with Crippen molar-refractivity contribution >= 4 is 40.7 Å². The van der Waals surface area contributed by atoms with Crippen molar-refractivity contribution < 1.29 is 13.2 Å². The van der Waals surface area contributed by atoms with Crippen LogP contribution >= 0.6 is 23.2 Å². The zero-order chi connectivity index (χ0) is 19.4. The van der Waals surface area contributed by atoms with Gasteiger partial charge in [-0.3, -0.25) is 0 Å².